The second kappa shape index (κ2) is 10.0. The van der Waals surface area contributed by atoms with E-state index in [4.69, 9.17) is 23.2 Å². The summed E-state index contributed by atoms with van der Waals surface area (Å²) in [6, 6.07) is 22.5. The Morgan fingerprint density at radius 2 is 1.45 bits per heavy atom. The lowest BCUT2D eigenvalue weighted by atomic mass is 10.2. The number of piperazine rings is 1. The first kappa shape index (κ1) is 23.4. The maximum atomic E-state index is 13.5. The van der Waals surface area contributed by atoms with Crippen LogP contribution in [0.25, 0.3) is 0 Å². The molecule has 1 heterocycles. The van der Waals surface area contributed by atoms with Crippen LogP contribution < -0.4 is 9.21 Å². The van der Waals surface area contributed by atoms with Crippen molar-refractivity contribution in [2.75, 3.05) is 41.9 Å². The van der Waals surface area contributed by atoms with E-state index in [1.165, 1.54) is 24.3 Å². The predicted octanol–water partition coefficient (Wildman–Crippen LogP) is 4.54. The normalized spacial score (nSPS) is 14.2. The Balaban J connectivity index is 1.57. The first-order valence-electron chi connectivity index (χ1n) is 10.5. The molecule has 1 saturated heterocycles. The number of benzene rings is 3. The summed E-state index contributed by atoms with van der Waals surface area (Å²) >= 11 is 12.5. The van der Waals surface area contributed by atoms with E-state index in [9.17, 15) is 13.2 Å². The van der Waals surface area contributed by atoms with Crippen molar-refractivity contribution in [3.05, 3.63) is 88.9 Å². The number of carbonyl (C=O) groups is 1. The lowest BCUT2D eigenvalue weighted by Crippen LogP contribution is -2.52. The summed E-state index contributed by atoms with van der Waals surface area (Å²) in [6.07, 6.45) is 0. The summed E-state index contributed by atoms with van der Waals surface area (Å²) in [5.74, 6) is -0.293. The smallest absolute Gasteiger partial charge is 0.264 e. The summed E-state index contributed by atoms with van der Waals surface area (Å²) in [4.78, 5) is 17.2. The molecule has 0 N–H and O–H groups in total. The van der Waals surface area contributed by atoms with Gasteiger partial charge in [0.1, 0.15) is 6.54 Å². The average Bonchev–Trinajstić information content (AvgIpc) is 2.85. The summed E-state index contributed by atoms with van der Waals surface area (Å²) in [5.41, 5.74) is 1.27. The van der Waals surface area contributed by atoms with E-state index in [1.54, 1.807) is 29.2 Å². The van der Waals surface area contributed by atoms with Crippen LogP contribution in [-0.4, -0.2) is 51.9 Å². The Morgan fingerprint density at radius 1 is 0.848 bits per heavy atom. The summed E-state index contributed by atoms with van der Waals surface area (Å²) in [7, 11) is -4.05. The van der Waals surface area contributed by atoms with E-state index in [-0.39, 0.29) is 28.1 Å². The number of nitrogens with zero attached hydrogens (tertiary/aromatic N) is 3. The average molecular weight is 504 g/mol. The van der Waals surface area contributed by atoms with E-state index in [2.05, 4.69) is 4.90 Å². The molecular weight excluding hydrogens is 481 g/mol. The highest BCUT2D eigenvalue weighted by Crippen LogP contribution is 2.33. The van der Waals surface area contributed by atoms with Crippen molar-refractivity contribution in [2.45, 2.75) is 4.90 Å². The lowest BCUT2D eigenvalue weighted by molar-refractivity contribution is -0.129. The molecule has 0 spiro atoms. The molecule has 0 aromatic heterocycles. The maximum Gasteiger partial charge on any atom is 0.264 e. The van der Waals surface area contributed by atoms with Gasteiger partial charge < -0.3 is 9.80 Å². The van der Waals surface area contributed by atoms with Crippen molar-refractivity contribution in [3.8, 4) is 0 Å². The molecule has 1 fully saturated rings. The predicted molar refractivity (Wildman–Crippen MR) is 133 cm³/mol. The van der Waals surface area contributed by atoms with E-state index < -0.39 is 10.0 Å². The highest BCUT2D eigenvalue weighted by molar-refractivity contribution is 7.92. The fourth-order valence-electron chi connectivity index (χ4n) is 3.77. The van der Waals surface area contributed by atoms with Crippen LogP contribution in [0.1, 0.15) is 0 Å². The number of amides is 1. The second-order valence-corrected chi connectivity index (χ2v) is 10.3. The minimum absolute atomic E-state index is 0.0720. The van der Waals surface area contributed by atoms with Crippen molar-refractivity contribution in [1.82, 2.24) is 4.90 Å². The molecule has 172 valence electrons. The maximum absolute atomic E-state index is 13.5. The molecule has 3 aromatic carbocycles. The molecule has 1 aliphatic rings. The van der Waals surface area contributed by atoms with Crippen molar-refractivity contribution >= 4 is 50.5 Å². The van der Waals surface area contributed by atoms with Gasteiger partial charge in [-0.05, 0) is 42.5 Å². The monoisotopic (exact) mass is 503 g/mol. The third kappa shape index (κ3) is 5.27. The number of halogens is 2. The van der Waals surface area contributed by atoms with Crippen LogP contribution in [0, 0.1) is 0 Å². The minimum Gasteiger partial charge on any atom is -0.368 e. The fraction of sp³-hybridized carbons (Fsp3) is 0.208. The van der Waals surface area contributed by atoms with E-state index in [1.807, 2.05) is 30.3 Å². The van der Waals surface area contributed by atoms with Crippen LogP contribution in [0.5, 0.6) is 0 Å². The van der Waals surface area contributed by atoms with Crippen LogP contribution in [0.4, 0.5) is 11.4 Å². The van der Waals surface area contributed by atoms with Crippen LogP contribution >= 0.6 is 23.2 Å². The van der Waals surface area contributed by atoms with Crippen LogP contribution in [-0.2, 0) is 14.8 Å². The Morgan fingerprint density at radius 3 is 2.09 bits per heavy atom. The van der Waals surface area contributed by atoms with Gasteiger partial charge in [0.25, 0.3) is 10.0 Å². The van der Waals surface area contributed by atoms with Crippen LogP contribution in [0.3, 0.4) is 0 Å². The lowest BCUT2D eigenvalue weighted by Gasteiger charge is -2.37. The van der Waals surface area contributed by atoms with Gasteiger partial charge in [0.15, 0.2) is 0 Å². The third-order valence-electron chi connectivity index (χ3n) is 5.54. The first-order chi connectivity index (χ1) is 15.9. The van der Waals surface area contributed by atoms with E-state index in [0.29, 0.717) is 31.2 Å². The SMILES string of the molecule is O=C(CN(c1cc(Cl)ccc1Cl)S(=O)(=O)c1ccccc1)N1CCN(c2ccccc2)CC1. The summed E-state index contributed by atoms with van der Waals surface area (Å²) in [6.45, 7) is 1.95. The standard InChI is InChI=1S/C24H23Cl2N3O3S/c25-19-11-12-22(26)23(17-19)29(33(31,32)21-9-5-2-6-10-21)18-24(30)28-15-13-27(14-16-28)20-7-3-1-4-8-20/h1-12,17H,13-16,18H2. The largest absolute Gasteiger partial charge is 0.368 e. The van der Waals surface area contributed by atoms with Gasteiger partial charge in [-0.2, -0.15) is 0 Å². The van der Waals surface area contributed by atoms with Crippen molar-refractivity contribution in [3.63, 3.8) is 0 Å². The number of rotatable bonds is 6. The third-order valence-corrected chi connectivity index (χ3v) is 7.87. The molecule has 0 saturated carbocycles. The van der Waals surface area contributed by atoms with Gasteiger partial charge in [0.2, 0.25) is 5.91 Å². The number of hydrogen-bond donors (Lipinski definition) is 0. The van der Waals surface area contributed by atoms with Gasteiger partial charge in [-0.25, -0.2) is 8.42 Å². The topological polar surface area (TPSA) is 60.9 Å². The summed E-state index contributed by atoms with van der Waals surface area (Å²) < 4.78 is 28.0. The number of carbonyl (C=O) groups excluding carboxylic acids is 1. The molecule has 4 rings (SSSR count). The molecule has 33 heavy (non-hydrogen) atoms. The van der Waals surface area contributed by atoms with E-state index >= 15 is 0 Å². The molecule has 6 nitrogen and oxygen atoms in total. The molecule has 9 heteroatoms. The molecule has 3 aromatic rings. The Hall–Kier alpha value is -2.74. The van der Waals surface area contributed by atoms with Gasteiger partial charge >= 0.3 is 0 Å². The van der Waals surface area contributed by atoms with E-state index in [0.717, 1.165) is 9.99 Å². The van der Waals surface area contributed by atoms with Gasteiger partial charge in [0, 0.05) is 36.9 Å². The number of sulfonamides is 1. The van der Waals surface area contributed by atoms with Gasteiger partial charge in [0.05, 0.1) is 15.6 Å². The van der Waals surface area contributed by atoms with Gasteiger partial charge in [-0.1, -0.05) is 59.6 Å². The Bertz CT molecular complexity index is 1220. The fourth-order valence-corrected chi connectivity index (χ4v) is 5.65. The highest BCUT2D eigenvalue weighted by atomic mass is 35.5. The molecule has 1 aliphatic heterocycles. The molecule has 0 bridgehead atoms. The van der Waals surface area contributed by atoms with Crippen LogP contribution in [0.15, 0.2) is 83.8 Å². The Labute approximate surface area is 204 Å². The quantitative estimate of drug-likeness (QED) is 0.495. The zero-order chi connectivity index (χ0) is 23.4. The van der Waals surface area contributed by atoms with Crippen LogP contribution in [0.2, 0.25) is 10.0 Å². The molecular formula is C24H23Cl2N3O3S. The van der Waals surface area contributed by atoms with Crippen molar-refractivity contribution < 1.29 is 13.2 Å². The minimum atomic E-state index is -4.05. The van der Waals surface area contributed by atoms with Crippen molar-refractivity contribution in [1.29, 1.82) is 0 Å². The molecule has 1 amide bonds. The van der Waals surface area contributed by atoms with Gasteiger partial charge in [-0.3, -0.25) is 9.10 Å². The molecule has 0 aliphatic carbocycles. The Kier molecular flexibility index (Phi) is 7.12. The highest BCUT2D eigenvalue weighted by Gasteiger charge is 2.31. The van der Waals surface area contributed by atoms with Crippen molar-refractivity contribution in [2.24, 2.45) is 0 Å². The number of anilines is 2. The zero-order valence-corrected chi connectivity index (χ0v) is 20.1. The molecule has 0 radical (unpaired) electrons. The number of hydrogen-bond acceptors (Lipinski definition) is 4. The molecule has 0 atom stereocenters. The molecule has 0 unspecified atom stereocenters. The number of para-hydroxylation sites is 1. The summed E-state index contributed by atoms with van der Waals surface area (Å²) in [5, 5.41) is 0.521. The second-order valence-electron chi connectivity index (χ2n) is 7.62. The first-order valence-corrected chi connectivity index (χ1v) is 12.7. The zero-order valence-electron chi connectivity index (χ0n) is 17.8. The van der Waals surface area contributed by atoms with Gasteiger partial charge in [-0.15, -0.1) is 0 Å².